The van der Waals surface area contributed by atoms with Crippen molar-refractivity contribution >= 4 is 23.3 Å². The van der Waals surface area contributed by atoms with Crippen LogP contribution in [0, 0.1) is 13.8 Å². The highest BCUT2D eigenvalue weighted by molar-refractivity contribution is 5.74. The highest BCUT2D eigenvalue weighted by Crippen LogP contribution is 2.33. The van der Waals surface area contributed by atoms with Gasteiger partial charge in [-0.25, -0.2) is 15.0 Å². The fourth-order valence-corrected chi connectivity index (χ4v) is 2.70. The number of rotatable bonds is 6. The summed E-state index contributed by atoms with van der Waals surface area (Å²) in [5, 5.41) is 9.33. The second-order valence-corrected chi connectivity index (χ2v) is 5.94. The number of nitrogens with one attached hydrogen (secondary N) is 3. The maximum absolute atomic E-state index is 5.52. The maximum Gasteiger partial charge on any atom is 0.229 e. The minimum atomic E-state index is 0.519. The third kappa shape index (κ3) is 4.22. The van der Waals surface area contributed by atoms with Crippen LogP contribution in [0.1, 0.15) is 11.5 Å². The number of aryl methyl sites for hydroxylation is 2. The van der Waals surface area contributed by atoms with Crippen molar-refractivity contribution in [3.05, 3.63) is 41.9 Å². The summed E-state index contributed by atoms with van der Waals surface area (Å²) in [5.74, 6) is 3.42. The molecule has 0 unspecified atom stereocenters. The average molecular weight is 365 g/mol. The summed E-state index contributed by atoms with van der Waals surface area (Å²) >= 11 is 0. The van der Waals surface area contributed by atoms with Crippen LogP contribution in [-0.4, -0.2) is 41.1 Å². The highest BCUT2D eigenvalue weighted by atomic mass is 16.5. The summed E-state index contributed by atoms with van der Waals surface area (Å²) in [7, 11) is 5.30. The molecule has 8 nitrogen and oxygen atoms in total. The number of aromatic nitrogens is 4. The van der Waals surface area contributed by atoms with E-state index < -0.39 is 0 Å². The molecule has 8 heteroatoms. The number of nitrogens with zero attached hydrogens (tertiary/aromatic N) is 4. The van der Waals surface area contributed by atoms with E-state index in [-0.39, 0.29) is 0 Å². The molecule has 2 heterocycles. The Morgan fingerprint density at radius 1 is 0.852 bits per heavy atom. The zero-order chi connectivity index (χ0) is 19.4. The lowest BCUT2D eigenvalue weighted by atomic mass is 10.1. The molecule has 0 radical (unpaired) electrons. The monoisotopic (exact) mass is 365 g/mol. The highest BCUT2D eigenvalue weighted by Gasteiger charge is 2.12. The number of methoxy groups -OCH3 is 1. The zero-order valence-electron chi connectivity index (χ0n) is 16.1. The first-order chi connectivity index (χ1) is 13.0. The smallest absolute Gasteiger partial charge is 0.229 e. The molecule has 0 bridgehead atoms. The normalized spacial score (nSPS) is 10.4. The van der Waals surface area contributed by atoms with Crippen molar-refractivity contribution in [2.24, 2.45) is 0 Å². The number of benzene rings is 1. The minimum absolute atomic E-state index is 0.519. The fraction of sp³-hybridized carbons (Fsp3) is 0.263. The van der Waals surface area contributed by atoms with Crippen LogP contribution in [0.4, 0.5) is 23.3 Å². The van der Waals surface area contributed by atoms with E-state index >= 15 is 0 Å². The van der Waals surface area contributed by atoms with Crippen LogP contribution in [0.15, 0.2) is 30.3 Å². The van der Waals surface area contributed by atoms with Crippen LogP contribution in [0.3, 0.4) is 0 Å². The molecule has 0 amide bonds. The first kappa shape index (κ1) is 18.4. The Labute approximate surface area is 158 Å². The second-order valence-electron chi connectivity index (χ2n) is 5.94. The molecule has 0 aliphatic heterocycles. The van der Waals surface area contributed by atoms with Gasteiger partial charge >= 0.3 is 0 Å². The Balaban J connectivity index is 2.01. The van der Waals surface area contributed by atoms with Crippen LogP contribution in [-0.2, 0) is 0 Å². The molecule has 3 rings (SSSR count). The molecule has 1 aromatic carbocycles. The third-order valence-electron chi connectivity index (χ3n) is 3.94. The molecule has 27 heavy (non-hydrogen) atoms. The lowest BCUT2D eigenvalue weighted by molar-refractivity contribution is 0.416. The molecule has 0 saturated carbocycles. The van der Waals surface area contributed by atoms with Gasteiger partial charge in [-0.15, -0.1) is 0 Å². The topological polar surface area (TPSA) is 96.9 Å². The first-order valence-electron chi connectivity index (χ1n) is 8.54. The van der Waals surface area contributed by atoms with Gasteiger partial charge in [-0.05, 0) is 32.0 Å². The van der Waals surface area contributed by atoms with E-state index in [4.69, 9.17) is 4.74 Å². The van der Waals surface area contributed by atoms with E-state index in [0.29, 0.717) is 11.8 Å². The Kier molecular flexibility index (Phi) is 5.35. The van der Waals surface area contributed by atoms with Crippen molar-refractivity contribution in [3.63, 3.8) is 0 Å². The van der Waals surface area contributed by atoms with Gasteiger partial charge in [0.1, 0.15) is 23.2 Å². The molecule has 3 N–H and O–H groups in total. The number of hydrogen-bond donors (Lipinski definition) is 3. The standard InChI is InChI=1S/C19H23N7O/c1-11-8-17(20-3)26-19(22-11)25-13-6-7-16(27-5)14(9-13)15-10-18(21-4)24-12(2)23-15/h6-10H,1-5H3,(H,21,23,24)(H2,20,22,25,26). The van der Waals surface area contributed by atoms with Gasteiger partial charge in [0, 0.05) is 43.2 Å². The summed E-state index contributed by atoms with van der Waals surface area (Å²) in [5.41, 5.74) is 3.33. The summed E-state index contributed by atoms with van der Waals surface area (Å²) in [4.78, 5) is 17.8. The van der Waals surface area contributed by atoms with Crippen molar-refractivity contribution < 1.29 is 4.74 Å². The van der Waals surface area contributed by atoms with Crippen molar-refractivity contribution in [2.75, 3.05) is 37.2 Å². The predicted molar refractivity (Wildman–Crippen MR) is 108 cm³/mol. The summed E-state index contributed by atoms with van der Waals surface area (Å²) in [6, 6.07) is 9.54. The van der Waals surface area contributed by atoms with E-state index in [0.717, 1.165) is 40.0 Å². The van der Waals surface area contributed by atoms with Gasteiger partial charge in [-0.1, -0.05) is 0 Å². The number of hydrogen-bond acceptors (Lipinski definition) is 8. The molecule has 3 aromatic rings. The van der Waals surface area contributed by atoms with Crippen LogP contribution in [0.2, 0.25) is 0 Å². The molecule has 0 spiro atoms. The molecule has 0 saturated heterocycles. The minimum Gasteiger partial charge on any atom is -0.496 e. The average Bonchev–Trinajstić information content (AvgIpc) is 2.66. The van der Waals surface area contributed by atoms with Crippen molar-refractivity contribution in [3.8, 4) is 17.0 Å². The van der Waals surface area contributed by atoms with Crippen molar-refractivity contribution in [2.45, 2.75) is 13.8 Å². The van der Waals surface area contributed by atoms with Gasteiger partial charge in [0.2, 0.25) is 5.95 Å². The molecular formula is C19H23N7O. The Morgan fingerprint density at radius 3 is 2.30 bits per heavy atom. The predicted octanol–water partition coefficient (Wildman–Crippen LogP) is 3.39. The van der Waals surface area contributed by atoms with Crippen LogP contribution >= 0.6 is 0 Å². The van der Waals surface area contributed by atoms with E-state index in [1.165, 1.54) is 0 Å². The molecule has 2 aromatic heterocycles. The van der Waals surface area contributed by atoms with Crippen LogP contribution < -0.4 is 20.7 Å². The van der Waals surface area contributed by atoms with Gasteiger partial charge in [0.25, 0.3) is 0 Å². The summed E-state index contributed by atoms with van der Waals surface area (Å²) in [6.45, 7) is 3.79. The summed E-state index contributed by atoms with van der Waals surface area (Å²) in [6.07, 6.45) is 0. The maximum atomic E-state index is 5.52. The van der Waals surface area contributed by atoms with Crippen molar-refractivity contribution in [1.82, 2.24) is 19.9 Å². The number of anilines is 4. The van der Waals surface area contributed by atoms with E-state index in [2.05, 4.69) is 35.9 Å². The molecule has 0 aliphatic carbocycles. The van der Waals surface area contributed by atoms with E-state index in [1.807, 2.05) is 58.3 Å². The Morgan fingerprint density at radius 2 is 1.59 bits per heavy atom. The van der Waals surface area contributed by atoms with E-state index in [9.17, 15) is 0 Å². The lowest BCUT2D eigenvalue weighted by Gasteiger charge is -2.13. The van der Waals surface area contributed by atoms with Gasteiger partial charge < -0.3 is 20.7 Å². The Bertz CT molecular complexity index is 959. The molecule has 0 fully saturated rings. The fourth-order valence-electron chi connectivity index (χ4n) is 2.70. The molecular weight excluding hydrogens is 342 g/mol. The van der Waals surface area contributed by atoms with Crippen LogP contribution in [0.25, 0.3) is 11.3 Å². The molecule has 140 valence electrons. The largest absolute Gasteiger partial charge is 0.496 e. The van der Waals surface area contributed by atoms with E-state index in [1.54, 1.807) is 7.11 Å². The van der Waals surface area contributed by atoms with Gasteiger partial charge in [0.15, 0.2) is 0 Å². The SMILES string of the molecule is CNc1cc(-c2cc(Nc3nc(C)cc(NC)n3)ccc2OC)nc(C)n1. The quantitative estimate of drug-likeness (QED) is 0.612. The van der Waals surface area contributed by atoms with Gasteiger partial charge in [0.05, 0.1) is 12.8 Å². The van der Waals surface area contributed by atoms with Gasteiger partial charge in [-0.3, -0.25) is 0 Å². The molecule has 0 atom stereocenters. The third-order valence-corrected chi connectivity index (χ3v) is 3.94. The lowest BCUT2D eigenvalue weighted by Crippen LogP contribution is -2.03. The first-order valence-corrected chi connectivity index (χ1v) is 8.54. The zero-order valence-corrected chi connectivity index (χ0v) is 16.1. The Hall–Kier alpha value is -3.42. The summed E-state index contributed by atoms with van der Waals surface area (Å²) < 4.78 is 5.52. The van der Waals surface area contributed by atoms with Gasteiger partial charge in [-0.2, -0.15) is 4.98 Å². The number of ether oxygens (including phenoxy) is 1. The second kappa shape index (κ2) is 7.86. The molecule has 0 aliphatic rings. The van der Waals surface area contributed by atoms with Crippen molar-refractivity contribution in [1.29, 1.82) is 0 Å². The van der Waals surface area contributed by atoms with Crippen LogP contribution in [0.5, 0.6) is 5.75 Å².